The van der Waals surface area contributed by atoms with Gasteiger partial charge in [-0.15, -0.1) is 0 Å². The lowest BCUT2D eigenvalue weighted by molar-refractivity contribution is -0.209. The summed E-state index contributed by atoms with van der Waals surface area (Å²) in [5, 5.41) is 9.95. The number of aliphatic hydroxyl groups excluding tert-OH is 1. The number of carbonyl (C=O) groups excluding carboxylic acids is 1. The molecule has 1 aliphatic heterocycles. The maximum atomic E-state index is 12.7. The van der Waals surface area contributed by atoms with Crippen LogP contribution >= 0.6 is 11.6 Å². The van der Waals surface area contributed by atoms with Crippen LogP contribution in [0.25, 0.3) is 0 Å². The summed E-state index contributed by atoms with van der Waals surface area (Å²) >= 11 is 5.82. The Bertz CT molecular complexity index is 598. The summed E-state index contributed by atoms with van der Waals surface area (Å²) in [6.45, 7) is 0.508. The molecule has 1 saturated heterocycles. The maximum absolute atomic E-state index is 12.7. The minimum Gasteiger partial charge on any atom is -0.382 e. The highest BCUT2D eigenvalue weighted by atomic mass is 35.5. The molecule has 1 amide bonds. The molecule has 9 heteroatoms. The van der Waals surface area contributed by atoms with Crippen LogP contribution in [0.3, 0.4) is 0 Å². The van der Waals surface area contributed by atoms with Crippen molar-refractivity contribution in [3.05, 3.63) is 34.9 Å². The fourth-order valence-corrected chi connectivity index (χ4v) is 2.78. The SMILES string of the molecule is CN1CCO[C@H](C(=O)N(CCc2ccc(Cl)cc2)C[C@@H](O)C(F)(F)F)C1. The van der Waals surface area contributed by atoms with Crippen molar-refractivity contribution in [2.75, 3.05) is 39.8 Å². The Morgan fingerprint density at radius 2 is 2.08 bits per heavy atom. The molecule has 2 rings (SSSR count). The van der Waals surface area contributed by atoms with Gasteiger partial charge in [0.2, 0.25) is 0 Å². The molecule has 0 saturated carbocycles. The summed E-state index contributed by atoms with van der Waals surface area (Å²) in [7, 11) is 1.81. The van der Waals surface area contributed by atoms with E-state index in [1.54, 1.807) is 24.3 Å². The van der Waals surface area contributed by atoms with Gasteiger partial charge < -0.3 is 19.6 Å². The second-order valence-corrected chi connectivity index (χ2v) is 6.78. The number of benzene rings is 1. The first-order chi connectivity index (χ1) is 12.2. The van der Waals surface area contributed by atoms with E-state index in [1.807, 2.05) is 11.9 Å². The molecule has 1 aromatic carbocycles. The van der Waals surface area contributed by atoms with E-state index in [2.05, 4.69) is 0 Å². The highest BCUT2D eigenvalue weighted by Crippen LogP contribution is 2.22. The minimum absolute atomic E-state index is 0.0389. The van der Waals surface area contributed by atoms with Crippen molar-refractivity contribution in [1.29, 1.82) is 0 Å². The molecule has 26 heavy (non-hydrogen) atoms. The van der Waals surface area contributed by atoms with Crippen molar-refractivity contribution in [2.45, 2.75) is 24.8 Å². The van der Waals surface area contributed by atoms with Crippen LogP contribution in [-0.2, 0) is 16.0 Å². The van der Waals surface area contributed by atoms with Crippen LogP contribution < -0.4 is 0 Å². The molecule has 1 fully saturated rings. The first-order valence-corrected chi connectivity index (χ1v) is 8.63. The zero-order valence-electron chi connectivity index (χ0n) is 14.4. The Morgan fingerprint density at radius 1 is 1.42 bits per heavy atom. The third kappa shape index (κ3) is 6.12. The Morgan fingerprint density at radius 3 is 2.65 bits per heavy atom. The first-order valence-electron chi connectivity index (χ1n) is 8.25. The predicted molar refractivity (Wildman–Crippen MR) is 91.0 cm³/mol. The van der Waals surface area contributed by atoms with Crippen molar-refractivity contribution in [1.82, 2.24) is 9.80 Å². The fourth-order valence-electron chi connectivity index (χ4n) is 2.65. The fraction of sp³-hybridized carbons (Fsp3) is 0.588. The zero-order valence-corrected chi connectivity index (χ0v) is 15.1. The Kier molecular flexibility index (Phi) is 7.28. The standard InChI is InChI=1S/C17H22ClF3N2O3/c1-22-8-9-26-14(10-22)16(25)23(11-15(24)17(19,20)21)7-6-12-2-4-13(18)5-3-12/h2-5,14-15,24H,6-11H2,1H3/t14-,15+/m0/s1. The molecular weight excluding hydrogens is 373 g/mol. The lowest BCUT2D eigenvalue weighted by Gasteiger charge is -2.34. The molecule has 1 heterocycles. The quantitative estimate of drug-likeness (QED) is 0.801. The maximum Gasteiger partial charge on any atom is 0.416 e. The third-order valence-electron chi connectivity index (χ3n) is 4.21. The number of alkyl halides is 3. The Balaban J connectivity index is 2.07. The lowest BCUT2D eigenvalue weighted by atomic mass is 10.1. The van der Waals surface area contributed by atoms with Gasteiger partial charge in [0, 0.05) is 24.7 Å². The van der Waals surface area contributed by atoms with Crippen molar-refractivity contribution in [2.24, 2.45) is 0 Å². The number of rotatable bonds is 6. The number of nitrogens with zero attached hydrogens (tertiary/aromatic N) is 2. The summed E-state index contributed by atoms with van der Waals surface area (Å²) in [6.07, 6.45) is -7.88. The Labute approximate surface area is 155 Å². The van der Waals surface area contributed by atoms with Crippen LogP contribution in [0, 0.1) is 0 Å². The normalized spacial score (nSPS) is 20.0. The van der Waals surface area contributed by atoms with E-state index < -0.39 is 30.8 Å². The van der Waals surface area contributed by atoms with Gasteiger partial charge in [0.25, 0.3) is 5.91 Å². The summed E-state index contributed by atoms with van der Waals surface area (Å²) in [5.41, 5.74) is 0.829. The number of hydrogen-bond acceptors (Lipinski definition) is 4. The Hall–Kier alpha value is -1.35. The highest BCUT2D eigenvalue weighted by Gasteiger charge is 2.41. The van der Waals surface area contributed by atoms with Gasteiger partial charge >= 0.3 is 6.18 Å². The topological polar surface area (TPSA) is 53.0 Å². The van der Waals surface area contributed by atoms with Crippen molar-refractivity contribution < 1.29 is 27.8 Å². The number of hydrogen-bond donors (Lipinski definition) is 1. The van der Waals surface area contributed by atoms with E-state index in [0.717, 1.165) is 10.5 Å². The van der Waals surface area contributed by atoms with E-state index in [-0.39, 0.29) is 6.54 Å². The van der Waals surface area contributed by atoms with E-state index in [0.29, 0.717) is 31.1 Å². The first kappa shape index (κ1) is 21.0. The van der Waals surface area contributed by atoms with Gasteiger partial charge in [-0.3, -0.25) is 4.79 Å². The molecule has 0 bridgehead atoms. The third-order valence-corrected chi connectivity index (χ3v) is 4.46. The van der Waals surface area contributed by atoms with E-state index in [4.69, 9.17) is 16.3 Å². The molecule has 0 unspecified atom stereocenters. The van der Waals surface area contributed by atoms with Gasteiger partial charge in [-0.05, 0) is 31.2 Å². The second-order valence-electron chi connectivity index (χ2n) is 6.34. The molecule has 1 aromatic rings. The van der Waals surface area contributed by atoms with Crippen molar-refractivity contribution >= 4 is 17.5 Å². The molecule has 1 N–H and O–H groups in total. The predicted octanol–water partition coefficient (Wildman–Crippen LogP) is 1.96. The van der Waals surface area contributed by atoms with Gasteiger partial charge in [-0.25, -0.2) is 0 Å². The van der Waals surface area contributed by atoms with Crippen LogP contribution in [0.5, 0.6) is 0 Å². The number of aliphatic hydroxyl groups is 1. The molecule has 0 aromatic heterocycles. The second kappa shape index (κ2) is 9.03. The average molecular weight is 395 g/mol. The van der Waals surface area contributed by atoms with E-state index in [9.17, 15) is 23.1 Å². The minimum atomic E-state index is -4.79. The number of carbonyl (C=O) groups is 1. The van der Waals surface area contributed by atoms with Gasteiger partial charge in [0.1, 0.15) is 6.10 Å². The monoisotopic (exact) mass is 394 g/mol. The number of halogens is 4. The molecule has 146 valence electrons. The van der Waals surface area contributed by atoms with E-state index in [1.165, 1.54) is 0 Å². The molecular formula is C17H22ClF3N2O3. The van der Waals surface area contributed by atoms with Crippen LogP contribution in [0.4, 0.5) is 13.2 Å². The van der Waals surface area contributed by atoms with Gasteiger partial charge in [-0.1, -0.05) is 23.7 Å². The molecule has 1 aliphatic rings. The average Bonchev–Trinajstić information content (AvgIpc) is 2.58. The van der Waals surface area contributed by atoms with E-state index >= 15 is 0 Å². The molecule has 5 nitrogen and oxygen atoms in total. The number of morpholine rings is 1. The van der Waals surface area contributed by atoms with Crippen LogP contribution in [-0.4, -0.2) is 79.0 Å². The van der Waals surface area contributed by atoms with Gasteiger partial charge in [0.15, 0.2) is 6.10 Å². The van der Waals surface area contributed by atoms with Crippen molar-refractivity contribution in [3.63, 3.8) is 0 Å². The zero-order chi connectivity index (χ0) is 19.3. The van der Waals surface area contributed by atoms with Gasteiger partial charge in [-0.2, -0.15) is 13.2 Å². The van der Waals surface area contributed by atoms with Crippen LogP contribution in [0.15, 0.2) is 24.3 Å². The summed E-state index contributed by atoms with van der Waals surface area (Å²) in [5.74, 6) is -0.547. The van der Waals surface area contributed by atoms with Crippen LogP contribution in [0.1, 0.15) is 5.56 Å². The lowest BCUT2D eigenvalue weighted by Crippen LogP contribution is -2.53. The van der Waals surface area contributed by atoms with Gasteiger partial charge in [0.05, 0.1) is 13.2 Å². The number of ether oxygens (including phenoxy) is 1. The smallest absolute Gasteiger partial charge is 0.382 e. The largest absolute Gasteiger partial charge is 0.416 e. The van der Waals surface area contributed by atoms with Crippen molar-refractivity contribution in [3.8, 4) is 0 Å². The highest BCUT2D eigenvalue weighted by molar-refractivity contribution is 6.30. The molecule has 0 radical (unpaired) electrons. The number of likely N-dealkylation sites (N-methyl/N-ethyl adjacent to an activating group) is 1. The molecule has 0 aliphatic carbocycles. The molecule has 0 spiro atoms. The summed E-state index contributed by atoms with van der Waals surface area (Å²) in [6, 6.07) is 6.84. The van der Waals surface area contributed by atoms with Crippen LogP contribution in [0.2, 0.25) is 5.02 Å². The summed E-state index contributed by atoms with van der Waals surface area (Å²) in [4.78, 5) is 15.6. The number of amides is 1. The summed E-state index contributed by atoms with van der Waals surface area (Å²) < 4.78 is 43.6. The molecule has 2 atom stereocenters.